The number of rotatable bonds is 6. The van der Waals surface area contributed by atoms with E-state index in [0.717, 1.165) is 22.7 Å². The van der Waals surface area contributed by atoms with Gasteiger partial charge in [-0.2, -0.15) is 4.72 Å². The Morgan fingerprint density at radius 3 is 2.54 bits per heavy atom. The first-order valence-electron chi connectivity index (χ1n) is 8.54. The van der Waals surface area contributed by atoms with Gasteiger partial charge in [0.15, 0.2) is 0 Å². The number of sulfonamides is 1. The number of ether oxygens (including phenoxy) is 1. The lowest BCUT2D eigenvalue weighted by molar-refractivity contribution is -0.112. The molecule has 0 aliphatic rings. The van der Waals surface area contributed by atoms with Crippen LogP contribution < -0.4 is 9.46 Å². The third-order valence-electron chi connectivity index (χ3n) is 4.14. The number of pyridine rings is 1. The molecule has 146 valence electrons. The third-order valence-corrected chi connectivity index (χ3v) is 6.80. The van der Waals surface area contributed by atoms with Crippen molar-refractivity contribution < 1.29 is 17.9 Å². The maximum Gasteiger partial charge on any atom is 0.241 e. The van der Waals surface area contributed by atoms with Gasteiger partial charge in [-0.3, -0.25) is 9.78 Å². The highest BCUT2D eigenvalue weighted by molar-refractivity contribution is 8.14. The van der Waals surface area contributed by atoms with Crippen LogP contribution in [0.25, 0.3) is 10.9 Å². The molecule has 1 heterocycles. The van der Waals surface area contributed by atoms with Gasteiger partial charge in [0.1, 0.15) is 5.75 Å². The van der Waals surface area contributed by atoms with E-state index < -0.39 is 16.1 Å². The Morgan fingerprint density at radius 1 is 1.14 bits per heavy atom. The highest BCUT2D eigenvalue weighted by Gasteiger charge is 2.23. The minimum atomic E-state index is -3.79. The van der Waals surface area contributed by atoms with Crippen LogP contribution in [0.15, 0.2) is 64.5 Å². The summed E-state index contributed by atoms with van der Waals surface area (Å²) in [6.07, 6.45) is 1.64. The summed E-state index contributed by atoms with van der Waals surface area (Å²) < 4.78 is 32.8. The van der Waals surface area contributed by atoms with Crippen molar-refractivity contribution >= 4 is 37.8 Å². The molecule has 1 N–H and O–H groups in total. The Labute approximate surface area is 168 Å². The van der Waals surface area contributed by atoms with E-state index in [0.29, 0.717) is 16.2 Å². The first-order valence-corrected chi connectivity index (χ1v) is 10.8. The van der Waals surface area contributed by atoms with Crippen LogP contribution in [-0.4, -0.2) is 31.7 Å². The van der Waals surface area contributed by atoms with Crippen molar-refractivity contribution in [1.29, 1.82) is 0 Å². The predicted octanol–water partition coefficient (Wildman–Crippen LogP) is 3.54. The maximum atomic E-state index is 12.7. The molecule has 0 unspecified atom stereocenters. The first-order chi connectivity index (χ1) is 13.3. The average Bonchev–Trinajstić information content (AvgIpc) is 2.68. The van der Waals surface area contributed by atoms with Gasteiger partial charge >= 0.3 is 0 Å². The molecular formula is C20H20N2O4S2. The second-order valence-electron chi connectivity index (χ2n) is 6.24. The summed E-state index contributed by atoms with van der Waals surface area (Å²) >= 11 is 0.955. The number of fused-ring (bicyclic) bond motifs is 1. The van der Waals surface area contributed by atoms with Crippen molar-refractivity contribution in [3.8, 4) is 5.75 Å². The second kappa shape index (κ2) is 8.30. The van der Waals surface area contributed by atoms with Crippen LogP contribution >= 0.6 is 11.8 Å². The Kier molecular flexibility index (Phi) is 6.02. The van der Waals surface area contributed by atoms with Crippen LogP contribution in [0.1, 0.15) is 12.5 Å². The lowest BCUT2D eigenvalue weighted by atomic mass is 10.2. The molecule has 2 aromatic carbocycles. The molecule has 0 fully saturated rings. The number of carbonyl (C=O) groups excluding carboxylic acids is 1. The van der Waals surface area contributed by atoms with Crippen LogP contribution in [-0.2, 0) is 14.8 Å². The number of hydrogen-bond acceptors (Lipinski definition) is 6. The molecule has 0 amide bonds. The minimum absolute atomic E-state index is 0.124. The summed E-state index contributed by atoms with van der Waals surface area (Å²) in [6, 6.07) is 12.7. The summed E-state index contributed by atoms with van der Waals surface area (Å²) in [5.41, 5.74) is 1.59. The summed E-state index contributed by atoms with van der Waals surface area (Å²) in [5.74, 6) is 0.660. The van der Waals surface area contributed by atoms with Crippen LogP contribution in [0.3, 0.4) is 0 Å². The highest BCUT2D eigenvalue weighted by Crippen LogP contribution is 2.33. The van der Waals surface area contributed by atoms with Crippen LogP contribution in [0, 0.1) is 6.92 Å². The van der Waals surface area contributed by atoms with Gasteiger partial charge in [-0.15, -0.1) is 0 Å². The fourth-order valence-electron chi connectivity index (χ4n) is 2.64. The number of aromatic nitrogens is 1. The molecule has 0 aliphatic heterocycles. The van der Waals surface area contributed by atoms with E-state index in [4.69, 9.17) is 4.74 Å². The van der Waals surface area contributed by atoms with Crippen LogP contribution in [0.4, 0.5) is 0 Å². The number of benzene rings is 2. The number of aryl methyl sites for hydroxylation is 1. The van der Waals surface area contributed by atoms with Crippen molar-refractivity contribution in [3.63, 3.8) is 0 Å². The predicted molar refractivity (Wildman–Crippen MR) is 110 cm³/mol. The highest BCUT2D eigenvalue weighted by atomic mass is 32.2. The molecule has 3 rings (SSSR count). The smallest absolute Gasteiger partial charge is 0.241 e. The molecule has 1 atom stereocenters. The molecule has 0 bridgehead atoms. The molecular weight excluding hydrogens is 396 g/mol. The van der Waals surface area contributed by atoms with Gasteiger partial charge in [0.25, 0.3) is 0 Å². The van der Waals surface area contributed by atoms with E-state index in [9.17, 15) is 13.2 Å². The lowest BCUT2D eigenvalue weighted by Crippen LogP contribution is -2.37. The van der Waals surface area contributed by atoms with E-state index >= 15 is 0 Å². The molecule has 0 spiro atoms. The molecule has 0 saturated carbocycles. The zero-order valence-electron chi connectivity index (χ0n) is 15.7. The standard InChI is InChI=1S/C20H20N2O4S2/c1-13-6-8-15(9-7-13)28(24,25)22-14(2)20(23)27-18-11-10-17(26-3)16-5-4-12-21-19(16)18/h4-12,14,22H,1-3H3/t14-/m0/s1. The van der Waals surface area contributed by atoms with Crippen molar-refractivity contribution in [1.82, 2.24) is 9.71 Å². The van der Waals surface area contributed by atoms with Gasteiger partial charge in [-0.1, -0.05) is 17.7 Å². The number of thioether (sulfide) groups is 1. The van der Waals surface area contributed by atoms with E-state index in [1.165, 1.54) is 19.1 Å². The Bertz CT molecular complexity index is 1110. The Hall–Kier alpha value is -2.42. The lowest BCUT2D eigenvalue weighted by Gasteiger charge is -2.14. The number of nitrogens with zero attached hydrogens (tertiary/aromatic N) is 1. The van der Waals surface area contributed by atoms with Crippen molar-refractivity contribution in [2.45, 2.75) is 29.7 Å². The van der Waals surface area contributed by atoms with E-state index in [2.05, 4.69) is 9.71 Å². The van der Waals surface area contributed by atoms with Gasteiger partial charge in [0.2, 0.25) is 15.1 Å². The summed E-state index contributed by atoms with van der Waals surface area (Å²) in [5, 5.41) is 0.462. The van der Waals surface area contributed by atoms with Gasteiger partial charge < -0.3 is 4.74 Å². The van der Waals surface area contributed by atoms with E-state index in [-0.39, 0.29) is 10.0 Å². The Balaban J connectivity index is 1.80. The van der Waals surface area contributed by atoms with E-state index in [1.807, 2.05) is 13.0 Å². The summed E-state index contributed by atoms with van der Waals surface area (Å²) in [4.78, 5) is 17.8. The minimum Gasteiger partial charge on any atom is -0.496 e. The zero-order chi connectivity index (χ0) is 20.3. The maximum absolute atomic E-state index is 12.7. The zero-order valence-corrected chi connectivity index (χ0v) is 17.3. The SMILES string of the molecule is COc1ccc(SC(=O)[C@H](C)NS(=O)(=O)c2ccc(C)cc2)c2ncccc12. The van der Waals surface area contributed by atoms with Gasteiger partial charge in [-0.05, 0) is 62.0 Å². The average molecular weight is 417 g/mol. The first kappa shape index (κ1) is 20.3. The molecule has 0 saturated heterocycles. The summed E-state index contributed by atoms with van der Waals surface area (Å²) in [6.45, 7) is 3.40. The molecule has 8 heteroatoms. The van der Waals surface area contributed by atoms with Gasteiger partial charge in [0.05, 0.1) is 23.6 Å². The monoisotopic (exact) mass is 416 g/mol. The normalized spacial score (nSPS) is 12.7. The molecule has 28 heavy (non-hydrogen) atoms. The molecule has 0 radical (unpaired) electrons. The molecule has 6 nitrogen and oxygen atoms in total. The van der Waals surface area contributed by atoms with Gasteiger partial charge in [-0.25, -0.2) is 8.42 Å². The number of methoxy groups -OCH3 is 1. The molecule has 0 aliphatic carbocycles. The number of carbonyl (C=O) groups is 1. The Morgan fingerprint density at radius 2 is 1.86 bits per heavy atom. The second-order valence-corrected chi connectivity index (χ2v) is 9.00. The topological polar surface area (TPSA) is 85.4 Å². The summed E-state index contributed by atoms with van der Waals surface area (Å²) in [7, 11) is -2.22. The van der Waals surface area contributed by atoms with Crippen LogP contribution in [0.2, 0.25) is 0 Å². The largest absolute Gasteiger partial charge is 0.496 e. The van der Waals surface area contributed by atoms with Crippen molar-refractivity contribution in [2.75, 3.05) is 7.11 Å². The molecule has 1 aromatic heterocycles. The van der Waals surface area contributed by atoms with Crippen LogP contribution in [0.5, 0.6) is 5.75 Å². The number of nitrogens with one attached hydrogen (secondary N) is 1. The number of hydrogen-bond donors (Lipinski definition) is 1. The van der Waals surface area contributed by atoms with Crippen molar-refractivity contribution in [3.05, 3.63) is 60.3 Å². The van der Waals surface area contributed by atoms with E-state index in [1.54, 1.807) is 43.6 Å². The molecule has 3 aromatic rings. The van der Waals surface area contributed by atoms with Gasteiger partial charge in [0, 0.05) is 16.5 Å². The fraction of sp³-hybridized carbons (Fsp3) is 0.200. The van der Waals surface area contributed by atoms with Crippen molar-refractivity contribution in [2.24, 2.45) is 0 Å². The fourth-order valence-corrected chi connectivity index (χ4v) is 4.77. The quantitative estimate of drug-likeness (QED) is 0.619. The third kappa shape index (κ3) is 4.35.